The smallest absolute Gasteiger partial charge is 0.257 e. The van der Waals surface area contributed by atoms with Gasteiger partial charge < -0.3 is 15.4 Å². The molecule has 0 unspecified atom stereocenters. The number of ether oxygens (including phenoxy) is 1. The zero-order chi connectivity index (χ0) is 13.7. The van der Waals surface area contributed by atoms with E-state index in [9.17, 15) is 4.79 Å². The Morgan fingerprint density at radius 1 is 1.47 bits per heavy atom. The fourth-order valence-electron chi connectivity index (χ4n) is 1.75. The zero-order valence-electron chi connectivity index (χ0n) is 11.0. The van der Waals surface area contributed by atoms with Crippen LogP contribution in [0.15, 0.2) is 22.7 Å². The summed E-state index contributed by atoms with van der Waals surface area (Å²) in [5.41, 5.74) is 1.17. The van der Waals surface area contributed by atoms with Crippen molar-refractivity contribution in [3.63, 3.8) is 0 Å². The molecule has 0 heterocycles. The van der Waals surface area contributed by atoms with E-state index in [0.717, 1.165) is 17.6 Å². The summed E-state index contributed by atoms with van der Waals surface area (Å²) in [6.45, 7) is 1.65. The molecule has 0 radical (unpaired) electrons. The van der Waals surface area contributed by atoms with Crippen LogP contribution in [0.2, 0.25) is 0 Å². The third kappa shape index (κ3) is 4.84. The molecular formula is C14H19BrN2O2. The van der Waals surface area contributed by atoms with Crippen LogP contribution >= 0.6 is 15.9 Å². The Morgan fingerprint density at radius 3 is 2.89 bits per heavy atom. The Labute approximate surface area is 122 Å². The van der Waals surface area contributed by atoms with E-state index in [1.54, 1.807) is 0 Å². The van der Waals surface area contributed by atoms with Gasteiger partial charge in [0.1, 0.15) is 5.75 Å². The second-order valence-electron chi connectivity index (χ2n) is 4.83. The first-order valence-electron chi connectivity index (χ1n) is 6.51. The topological polar surface area (TPSA) is 50.4 Å². The van der Waals surface area contributed by atoms with Gasteiger partial charge in [-0.15, -0.1) is 0 Å². The van der Waals surface area contributed by atoms with Gasteiger partial charge in [-0.05, 0) is 59.4 Å². The molecule has 2 N–H and O–H groups in total. The van der Waals surface area contributed by atoms with Gasteiger partial charge in [-0.1, -0.05) is 6.07 Å². The fourth-order valence-corrected chi connectivity index (χ4v) is 2.29. The SMILES string of the molecule is CNCc1ccc(OCC(=O)NCC2CC2)c(Br)c1. The van der Waals surface area contributed by atoms with E-state index < -0.39 is 0 Å². The van der Waals surface area contributed by atoms with E-state index in [2.05, 4.69) is 26.6 Å². The van der Waals surface area contributed by atoms with Crippen LogP contribution in [-0.4, -0.2) is 26.1 Å². The van der Waals surface area contributed by atoms with Crippen LogP contribution in [0, 0.1) is 5.92 Å². The highest BCUT2D eigenvalue weighted by molar-refractivity contribution is 9.10. The lowest BCUT2D eigenvalue weighted by atomic mass is 10.2. The number of hydrogen-bond acceptors (Lipinski definition) is 3. The molecule has 1 aromatic carbocycles. The summed E-state index contributed by atoms with van der Waals surface area (Å²) in [6.07, 6.45) is 2.47. The summed E-state index contributed by atoms with van der Waals surface area (Å²) in [5.74, 6) is 1.33. The average molecular weight is 327 g/mol. The summed E-state index contributed by atoms with van der Waals surface area (Å²) in [5, 5.41) is 5.97. The van der Waals surface area contributed by atoms with E-state index in [4.69, 9.17) is 4.74 Å². The van der Waals surface area contributed by atoms with Crippen LogP contribution in [-0.2, 0) is 11.3 Å². The summed E-state index contributed by atoms with van der Waals surface area (Å²) in [7, 11) is 1.91. The Morgan fingerprint density at radius 2 is 2.26 bits per heavy atom. The van der Waals surface area contributed by atoms with Gasteiger partial charge in [-0.25, -0.2) is 0 Å². The molecule has 0 atom stereocenters. The molecule has 19 heavy (non-hydrogen) atoms. The summed E-state index contributed by atoms with van der Waals surface area (Å²) >= 11 is 3.45. The number of halogens is 1. The minimum atomic E-state index is -0.0573. The first-order valence-corrected chi connectivity index (χ1v) is 7.31. The number of rotatable bonds is 7. The first-order chi connectivity index (χ1) is 9.19. The molecule has 0 aromatic heterocycles. The Bertz CT molecular complexity index is 447. The molecule has 1 saturated carbocycles. The quantitative estimate of drug-likeness (QED) is 0.806. The Kier molecular flexibility index (Phi) is 5.22. The van der Waals surface area contributed by atoms with E-state index in [-0.39, 0.29) is 12.5 Å². The Hall–Kier alpha value is -1.07. The van der Waals surface area contributed by atoms with Gasteiger partial charge in [0.2, 0.25) is 0 Å². The highest BCUT2D eigenvalue weighted by Crippen LogP contribution is 2.28. The lowest BCUT2D eigenvalue weighted by Gasteiger charge is -2.10. The van der Waals surface area contributed by atoms with Gasteiger partial charge in [-0.2, -0.15) is 0 Å². The summed E-state index contributed by atoms with van der Waals surface area (Å²) in [4.78, 5) is 11.6. The number of benzene rings is 1. The van der Waals surface area contributed by atoms with Gasteiger partial charge >= 0.3 is 0 Å². The molecular weight excluding hydrogens is 308 g/mol. The highest BCUT2D eigenvalue weighted by Gasteiger charge is 2.21. The van der Waals surface area contributed by atoms with E-state index in [1.165, 1.54) is 18.4 Å². The lowest BCUT2D eigenvalue weighted by molar-refractivity contribution is -0.123. The van der Waals surface area contributed by atoms with Crippen LogP contribution in [0.5, 0.6) is 5.75 Å². The van der Waals surface area contributed by atoms with Crippen molar-refractivity contribution in [3.8, 4) is 5.75 Å². The third-order valence-corrected chi connectivity index (χ3v) is 3.64. The van der Waals surface area contributed by atoms with Crippen molar-refractivity contribution in [3.05, 3.63) is 28.2 Å². The lowest BCUT2D eigenvalue weighted by Crippen LogP contribution is -2.30. The molecule has 1 aliphatic rings. The second kappa shape index (κ2) is 6.91. The van der Waals surface area contributed by atoms with Crippen molar-refractivity contribution < 1.29 is 9.53 Å². The molecule has 5 heteroatoms. The predicted octanol–water partition coefficient (Wildman–Crippen LogP) is 2.07. The van der Waals surface area contributed by atoms with Crippen molar-refractivity contribution in [2.45, 2.75) is 19.4 Å². The average Bonchev–Trinajstić information content (AvgIpc) is 3.20. The molecule has 104 valence electrons. The number of carbonyl (C=O) groups is 1. The fraction of sp³-hybridized carbons (Fsp3) is 0.500. The second-order valence-corrected chi connectivity index (χ2v) is 5.69. The maximum Gasteiger partial charge on any atom is 0.257 e. The van der Waals surface area contributed by atoms with E-state index in [1.807, 2.05) is 25.2 Å². The maximum atomic E-state index is 11.6. The first kappa shape index (κ1) is 14.3. The van der Waals surface area contributed by atoms with E-state index >= 15 is 0 Å². The van der Waals surface area contributed by atoms with Gasteiger partial charge in [0.25, 0.3) is 5.91 Å². The molecule has 1 aliphatic carbocycles. The van der Waals surface area contributed by atoms with Crippen LogP contribution in [0.3, 0.4) is 0 Å². The molecule has 1 fully saturated rings. The summed E-state index contributed by atoms with van der Waals surface area (Å²) < 4.78 is 6.38. The molecule has 1 amide bonds. The minimum absolute atomic E-state index is 0.0573. The van der Waals surface area contributed by atoms with Crippen molar-refractivity contribution >= 4 is 21.8 Å². The van der Waals surface area contributed by atoms with Crippen LogP contribution in [0.25, 0.3) is 0 Å². The normalized spacial score (nSPS) is 14.2. The summed E-state index contributed by atoms with van der Waals surface area (Å²) in [6, 6.07) is 5.86. The number of nitrogens with one attached hydrogen (secondary N) is 2. The van der Waals surface area contributed by atoms with E-state index in [0.29, 0.717) is 11.7 Å². The molecule has 4 nitrogen and oxygen atoms in total. The van der Waals surface area contributed by atoms with Gasteiger partial charge in [0.15, 0.2) is 6.61 Å². The number of hydrogen-bond donors (Lipinski definition) is 2. The van der Waals surface area contributed by atoms with Crippen LogP contribution in [0.4, 0.5) is 0 Å². The van der Waals surface area contributed by atoms with Crippen LogP contribution in [0.1, 0.15) is 18.4 Å². The standard InChI is InChI=1S/C14H19BrN2O2/c1-16-7-11-4-5-13(12(15)6-11)19-9-14(18)17-8-10-2-3-10/h4-6,10,16H,2-3,7-9H2,1H3,(H,17,18). The monoisotopic (exact) mass is 326 g/mol. The maximum absolute atomic E-state index is 11.6. The zero-order valence-corrected chi connectivity index (χ0v) is 12.6. The van der Waals surface area contributed by atoms with Crippen molar-refractivity contribution in [1.82, 2.24) is 10.6 Å². The third-order valence-electron chi connectivity index (χ3n) is 3.02. The number of carbonyl (C=O) groups excluding carboxylic acids is 1. The molecule has 0 bridgehead atoms. The van der Waals surface area contributed by atoms with Crippen molar-refractivity contribution in [2.75, 3.05) is 20.2 Å². The minimum Gasteiger partial charge on any atom is -0.483 e. The molecule has 1 aromatic rings. The van der Waals surface area contributed by atoms with Crippen molar-refractivity contribution in [2.24, 2.45) is 5.92 Å². The number of amides is 1. The van der Waals surface area contributed by atoms with Crippen molar-refractivity contribution in [1.29, 1.82) is 0 Å². The molecule has 2 rings (SSSR count). The molecule has 0 aliphatic heterocycles. The highest BCUT2D eigenvalue weighted by atomic mass is 79.9. The van der Waals surface area contributed by atoms with Gasteiger partial charge in [-0.3, -0.25) is 4.79 Å². The van der Waals surface area contributed by atoms with Gasteiger partial charge in [0.05, 0.1) is 4.47 Å². The molecule has 0 saturated heterocycles. The Balaban J connectivity index is 1.79. The van der Waals surface area contributed by atoms with Gasteiger partial charge in [0, 0.05) is 13.1 Å². The largest absolute Gasteiger partial charge is 0.483 e. The van der Waals surface area contributed by atoms with Crippen LogP contribution < -0.4 is 15.4 Å². The predicted molar refractivity (Wildman–Crippen MR) is 78.1 cm³/mol. The molecule has 0 spiro atoms.